The van der Waals surface area contributed by atoms with Crippen LogP contribution in [0.15, 0.2) is 12.4 Å². The Hall–Kier alpha value is -1.03. The van der Waals surface area contributed by atoms with Crippen molar-refractivity contribution in [3.63, 3.8) is 0 Å². The summed E-state index contributed by atoms with van der Waals surface area (Å²) in [6, 6.07) is 1.03. The minimum Gasteiger partial charge on any atom is -0.376 e. The molecule has 16 heavy (non-hydrogen) atoms. The van der Waals surface area contributed by atoms with Crippen molar-refractivity contribution in [2.75, 3.05) is 11.9 Å². The maximum absolute atomic E-state index is 5.68. The Morgan fingerprint density at radius 3 is 3.06 bits per heavy atom. The molecule has 0 amide bonds. The van der Waals surface area contributed by atoms with Crippen LogP contribution in [0.5, 0.6) is 0 Å². The molecular weight excluding hydrogens is 202 g/mol. The van der Waals surface area contributed by atoms with E-state index in [0.29, 0.717) is 18.2 Å². The second kappa shape index (κ2) is 4.09. The third-order valence-corrected chi connectivity index (χ3v) is 3.49. The molecule has 0 bridgehead atoms. The second-order valence-corrected chi connectivity index (χ2v) is 4.87. The van der Waals surface area contributed by atoms with Crippen molar-refractivity contribution in [3.8, 4) is 0 Å². The lowest BCUT2D eigenvalue weighted by Gasteiger charge is -2.21. The lowest BCUT2D eigenvalue weighted by Crippen LogP contribution is -2.31. The van der Waals surface area contributed by atoms with Gasteiger partial charge in [-0.2, -0.15) is 0 Å². The first-order valence-corrected chi connectivity index (χ1v) is 6.25. The van der Waals surface area contributed by atoms with Crippen LogP contribution in [0.25, 0.3) is 0 Å². The van der Waals surface area contributed by atoms with Gasteiger partial charge in [0.25, 0.3) is 0 Å². The SMILES string of the molecule is CC(Nc1nccn1C1CC1)C1CCCO1. The second-order valence-electron chi connectivity index (χ2n) is 4.87. The van der Waals surface area contributed by atoms with E-state index in [-0.39, 0.29) is 0 Å². The average Bonchev–Trinajstić information content (AvgIpc) is 2.83. The molecule has 1 aliphatic heterocycles. The highest BCUT2D eigenvalue weighted by Gasteiger charge is 2.27. The summed E-state index contributed by atoms with van der Waals surface area (Å²) in [6.07, 6.45) is 9.24. The third kappa shape index (κ3) is 1.94. The summed E-state index contributed by atoms with van der Waals surface area (Å²) in [5.74, 6) is 1.01. The van der Waals surface area contributed by atoms with Gasteiger partial charge in [0.2, 0.25) is 5.95 Å². The number of ether oxygens (including phenoxy) is 1. The molecule has 3 rings (SSSR count). The van der Waals surface area contributed by atoms with Gasteiger partial charge in [0.15, 0.2) is 0 Å². The summed E-state index contributed by atoms with van der Waals surface area (Å²) in [5.41, 5.74) is 0. The van der Waals surface area contributed by atoms with Crippen molar-refractivity contribution in [2.24, 2.45) is 0 Å². The number of imidazole rings is 1. The van der Waals surface area contributed by atoms with Crippen molar-refractivity contribution in [3.05, 3.63) is 12.4 Å². The molecule has 1 aromatic heterocycles. The zero-order valence-electron chi connectivity index (χ0n) is 9.72. The van der Waals surface area contributed by atoms with Crippen molar-refractivity contribution in [2.45, 2.75) is 50.8 Å². The first kappa shape index (κ1) is 10.1. The lowest BCUT2D eigenvalue weighted by molar-refractivity contribution is 0.0993. The molecule has 1 N–H and O–H groups in total. The Morgan fingerprint density at radius 2 is 2.38 bits per heavy atom. The molecule has 0 spiro atoms. The third-order valence-electron chi connectivity index (χ3n) is 3.49. The van der Waals surface area contributed by atoms with E-state index in [1.165, 1.54) is 19.3 Å². The van der Waals surface area contributed by atoms with Crippen molar-refractivity contribution in [1.29, 1.82) is 0 Å². The number of anilines is 1. The topological polar surface area (TPSA) is 39.1 Å². The number of rotatable bonds is 4. The van der Waals surface area contributed by atoms with Crippen LogP contribution in [0.4, 0.5) is 5.95 Å². The molecule has 0 radical (unpaired) electrons. The summed E-state index contributed by atoms with van der Waals surface area (Å²) in [6.45, 7) is 3.09. The summed E-state index contributed by atoms with van der Waals surface area (Å²) < 4.78 is 7.94. The molecule has 2 heterocycles. The van der Waals surface area contributed by atoms with E-state index in [1.54, 1.807) is 0 Å². The predicted octanol–water partition coefficient (Wildman–Crippen LogP) is 2.20. The van der Waals surface area contributed by atoms with Crippen molar-refractivity contribution in [1.82, 2.24) is 9.55 Å². The van der Waals surface area contributed by atoms with Gasteiger partial charge in [0.05, 0.1) is 12.1 Å². The van der Waals surface area contributed by atoms with Crippen LogP contribution in [0.1, 0.15) is 38.6 Å². The van der Waals surface area contributed by atoms with Gasteiger partial charge < -0.3 is 14.6 Å². The van der Waals surface area contributed by atoms with Gasteiger partial charge >= 0.3 is 0 Å². The Balaban J connectivity index is 1.65. The molecule has 0 aromatic carbocycles. The molecular formula is C12H19N3O. The lowest BCUT2D eigenvalue weighted by atomic mass is 10.1. The molecule has 1 aromatic rings. The van der Waals surface area contributed by atoms with Crippen LogP contribution >= 0.6 is 0 Å². The van der Waals surface area contributed by atoms with E-state index < -0.39 is 0 Å². The van der Waals surface area contributed by atoms with E-state index >= 15 is 0 Å². The van der Waals surface area contributed by atoms with Gasteiger partial charge in [-0.15, -0.1) is 0 Å². The minimum absolute atomic E-state index is 0.349. The number of hydrogen-bond donors (Lipinski definition) is 1. The number of aromatic nitrogens is 2. The molecule has 1 aliphatic carbocycles. The van der Waals surface area contributed by atoms with Crippen LogP contribution < -0.4 is 5.32 Å². The fourth-order valence-electron chi connectivity index (χ4n) is 2.37. The van der Waals surface area contributed by atoms with Gasteiger partial charge in [-0.25, -0.2) is 4.98 Å². The Morgan fingerprint density at radius 1 is 1.50 bits per heavy atom. The summed E-state index contributed by atoms with van der Waals surface area (Å²) in [4.78, 5) is 4.39. The van der Waals surface area contributed by atoms with E-state index in [1.807, 2.05) is 6.20 Å². The largest absolute Gasteiger partial charge is 0.376 e. The minimum atomic E-state index is 0.349. The van der Waals surface area contributed by atoms with Crippen molar-refractivity contribution < 1.29 is 4.74 Å². The van der Waals surface area contributed by atoms with Crippen LogP contribution in [-0.2, 0) is 4.74 Å². The smallest absolute Gasteiger partial charge is 0.203 e. The normalized spacial score (nSPS) is 26.9. The Kier molecular flexibility index (Phi) is 2.59. The summed E-state index contributed by atoms with van der Waals surface area (Å²) >= 11 is 0. The first-order chi connectivity index (χ1) is 7.84. The molecule has 4 nitrogen and oxygen atoms in total. The van der Waals surface area contributed by atoms with Crippen LogP contribution in [0.3, 0.4) is 0 Å². The predicted molar refractivity (Wildman–Crippen MR) is 62.6 cm³/mol. The van der Waals surface area contributed by atoms with Gasteiger partial charge in [-0.1, -0.05) is 0 Å². The number of nitrogens with zero attached hydrogens (tertiary/aromatic N) is 2. The van der Waals surface area contributed by atoms with Crippen LogP contribution in [0, 0.1) is 0 Å². The van der Waals surface area contributed by atoms with Gasteiger partial charge in [0.1, 0.15) is 0 Å². The highest BCUT2D eigenvalue weighted by molar-refractivity contribution is 5.29. The Bertz CT molecular complexity index is 353. The average molecular weight is 221 g/mol. The monoisotopic (exact) mass is 221 g/mol. The first-order valence-electron chi connectivity index (χ1n) is 6.25. The number of nitrogens with one attached hydrogen (secondary N) is 1. The fraction of sp³-hybridized carbons (Fsp3) is 0.750. The molecule has 88 valence electrons. The molecule has 2 fully saturated rings. The summed E-state index contributed by atoms with van der Waals surface area (Å²) in [7, 11) is 0. The standard InChI is InChI=1S/C12H19N3O/c1-9(11-3-2-8-16-11)14-12-13-6-7-15(12)10-4-5-10/h6-7,9-11H,2-5,8H2,1H3,(H,13,14). The van der Waals surface area contributed by atoms with E-state index in [2.05, 4.69) is 28.0 Å². The highest BCUT2D eigenvalue weighted by Crippen LogP contribution is 2.37. The molecule has 2 unspecified atom stereocenters. The van der Waals surface area contributed by atoms with Crippen LogP contribution in [-0.4, -0.2) is 28.3 Å². The Labute approximate surface area is 96.0 Å². The van der Waals surface area contributed by atoms with Crippen molar-refractivity contribution >= 4 is 5.95 Å². The van der Waals surface area contributed by atoms with Gasteiger partial charge in [-0.3, -0.25) is 0 Å². The molecule has 2 atom stereocenters. The fourth-order valence-corrected chi connectivity index (χ4v) is 2.37. The molecule has 1 saturated heterocycles. The van der Waals surface area contributed by atoms with Crippen LogP contribution in [0.2, 0.25) is 0 Å². The molecule has 4 heteroatoms. The maximum Gasteiger partial charge on any atom is 0.203 e. The zero-order chi connectivity index (χ0) is 11.0. The number of hydrogen-bond acceptors (Lipinski definition) is 3. The maximum atomic E-state index is 5.68. The highest BCUT2D eigenvalue weighted by atomic mass is 16.5. The van der Waals surface area contributed by atoms with E-state index in [9.17, 15) is 0 Å². The van der Waals surface area contributed by atoms with Gasteiger partial charge in [0, 0.05) is 25.0 Å². The molecule has 1 saturated carbocycles. The van der Waals surface area contributed by atoms with Gasteiger partial charge in [-0.05, 0) is 32.6 Å². The van der Waals surface area contributed by atoms with E-state index in [4.69, 9.17) is 4.74 Å². The van der Waals surface area contributed by atoms with E-state index in [0.717, 1.165) is 19.0 Å². The molecule has 2 aliphatic rings. The summed E-state index contributed by atoms with van der Waals surface area (Å²) in [5, 5.41) is 3.48. The quantitative estimate of drug-likeness (QED) is 0.847. The zero-order valence-corrected chi connectivity index (χ0v) is 9.72.